The van der Waals surface area contributed by atoms with Gasteiger partial charge in [0.25, 0.3) is 0 Å². The van der Waals surface area contributed by atoms with Crippen LogP contribution in [0.2, 0.25) is 0 Å². The molecular formula is C27H42O6. The van der Waals surface area contributed by atoms with Crippen LogP contribution in [0.3, 0.4) is 0 Å². The van der Waals surface area contributed by atoms with E-state index >= 15 is 0 Å². The second kappa shape index (κ2) is 10.4. The van der Waals surface area contributed by atoms with Crippen molar-refractivity contribution in [2.24, 2.45) is 22.7 Å². The maximum atomic E-state index is 12.2. The van der Waals surface area contributed by atoms with Crippen LogP contribution in [-0.4, -0.2) is 51.6 Å². The minimum Gasteiger partial charge on any atom is -0.435 e. The molecule has 3 aliphatic rings. The second-order valence-electron chi connectivity index (χ2n) is 10.1. The van der Waals surface area contributed by atoms with E-state index in [1.54, 1.807) is 14.2 Å². The van der Waals surface area contributed by atoms with Crippen LogP contribution in [0.5, 0.6) is 0 Å². The summed E-state index contributed by atoms with van der Waals surface area (Å²) in [5.74, 6) is 0.105. The van der Waals surface area contributed by atoms with E-state index in [9.17, 15) is 4.79 Å². The number of hydrogen-bond acceptors (Lipinski definition) is 6. The van der Waals surface area contributed by atoms with Crippen LogP contribution in [0.1, 0.15) is 59.8 Å². The average Bonchev–Trinajstić information content (AvgIpc) is 3.10. The van der Waals surface area contributed by atoms with Crippen LogP contribution in [0, 0.1) is 22.7 Å². The maximum absolute atomic E-state index is 12.2. The molecule has 2 fully saturated rings. The van der Waals surface area contributed by atoms with Crippen LogP contribution < -0.4 is 0 Å². The molecule has 1 saturated carbocycles. The topological polar surface area (TPSA) is 63.2 Å². The summed E-state index contributed by atoms with van der Waals surface area (Å²) in [6.45, 7) is 16.9. The summed E-state index contributed by atoms with van der Waals surface area (Å²) < 4.78 is 30.3. The van der Waals surface area contributed by atoms with E-state index in [-0.39, 0.29) is 29.5 Å². The normalized spacial score (nSPS) is 39.9. The van der Waals surface area contributed by atoms with Gasteiger partial charge in [0.1, 0.15) is 0 Å². The predicted octanol–water partition coefficient (Wildman–Crippen LogP) is 5.19. The number of rotatable bonds is 10. The van der Waals surface area contributed by atoms with Crippen LogP contribution in [0.25, 0.3) is 0 Å². The van der Waals surface area contributed by atoms with Crippen molar-refractivity contribution in [3.05, 3.63) is 36.5 Å². The molecule has 0 unspecified atom stereocenters. The number of allylic oxidation sites excluding steroid dienone is 2. The molecule has 1 saturated heterocycles. The lowest BCUT2D eigenvalue weighted by molar-refractivity contribution is -0.258. The third kappa shape index (κ3) is 4.47. The predicted molar refractivity (Wildman–Crippen MR) is 127 cm³/mol. The second-order valence-corrected chi connectivity index (χ2v) is 10.1. The highest BCUT2D eigenvalue weighted by molar-refractivity contribution is 5.66. The Morgan fingerprint density at radius 3 is 2.61 bits per heavy atom. The van der Waals surface area contributed by atoms with Gasteiger partial charge in [-0.25, -0.2) is 0 Å². The van der Waals surface area contributed by atoms with E-state index in [0.29, 0.717) is 12.5 Å². The molecule has 2 aliphatic carbocycles. The molecule has 1 aliphatic heterocycles. The van der Waals surface area contributed by atoms with Gasteiger partial charge in [-0.1, -0.05) is 51.7 Å². The Morgan fingerprint density at radius 2 is 2.03 bits per heavy atom. The molecule has 6 nitrogen and oxygen atoms in total. The monoisotopic (exact) mass is 462 g/mol. The van der Waals surface area contributed by atoms with Gasteiger partial charge in [-0.2, -0.15) is 0 Å². The van der Waals surface area contributed by atoms with E-state index in [0.717, 1.165) is 43.3 Å². The van der Waals surface area contributed by atoms with E-state index < -0.39 is 18.0 Å². The molecule has 6 heteroatoms. The van der Waals surface area contributed by atoms with Gasteiger partial charge >= 0.3 is 5.97 Å². The number of carbonyl (C=O) groups is 1. The molecule has 0 aromatic rings. The van der Waals surface area contributed by atoms with Gasteiger partial charge in [0.05, 0.1) is 17.6 Å². The fraction of sp³-hybridized carbons (Fsp3) is 0.741. The van der Waals surface area contributed by atoms with Crippen LogP contribution in [0.4, 0.5) is 0 Å². The molecule has 1 spiro atoms. The van der Waals surface area contributed by atoms with Gasteiger partial charge in [-0.3, -0.25) is 4.79 Å². The van der Waals surface area contributed by atoms with E-state index in [1.807, 2.05) is 6.08 Å². The third-order valence-electron chi connectivity index (χ3n) is 8.40. The molecule has 3 rings (SSSR count). The highest BCUT2D eigenvalue weighted by atomic mass is 16.8. The Balaban J connectivity index is 2.18. The van der Waals surface area contributed by atoms with Gasteiger partial charge < -0.3 is 23.7 Å². The number of ether oxygens (including phenoxy) is 5. The Kier molecular flexibility index (Phi) is 8.26. The first kappa shape index (κ1) is 26.1. The molecule has 0 aromatic carbocycles. The van der Waals surface area contributed by atoms with E-state index in [4.69, 9.17) is 23.7 Å². The van der Waals surface area contributed by atoms with E-state index in [1.165, 1.54) is 6.92 Å². The van der Waals surface area contributed by atoms with Crippen molar-refractivity contribution in [2.45, 2.75) is 84.6 Å². The van der Waals surface area contributed by atoms with Crippen LogP contribution >= 0.6 is 0 Å². The lowest BCUT2D eigenvalue weighted by atomic mass is 9.45. The summed E-state index contributed by atoms with van der Waals surface area (Å²) in [5, 5.41) is 0. The summed E-state index contributed by atoms with van der Waals surface area (Å²) in [5.41, 5.74) is 1.30. The first-order valence-electron chi connectivity index (χ1n) is 12.2. The first-order valence-corrected chi connectivity index (χ1v) is 12.2. The molecule has 1 heterocycles. The standard InChI is InChI=1S/C27H42O6/c1-9-13-31-20-15-21-24(30-8)33-25(32-19(5)28)27(21)22(16-20)26(6,12-11-17(3)10-2)18(4)14-23(27)29-7/h10,15,18,20,22-25H,2-3,9,11-14,16H2,1,4-8H3/t18-,20+,22+,23+,24+,25-,26-,27-/m1/s1. The third-order valence-corrected chi connectivity index (χ3v) is 8.40. The van der Waals surface area contributed by atoms with Crippen molar-refractivity contribution in [1.29, 1.82) is 0 Å². The summed E-state index contributed by atoms with van der Waals surface area (Å²) in [6.07, 6.45) is 6.77. The van der Waals surface area contributed by atoms with Gasteiger partial charge in [-0.05, 0) is 54.9 Å². The highest BCUT2D eigenvalue weighted by Gasteiger charge is 2.71. The smallest absolute Gasteiger partial charge is 0.304 e. The SMILES string of the molecule is C=CC(=C)CC[C@]1(C)[C@H](C)C[C@H](OC)[C@@]23C(=C[C@H](OCCC)C[C@@H]12)[C@@H](OC)O[C@H]3OC(C)=O. The van der Waals surface area contributed by atoms with Gasteiger partial charge in [-0.15, -0.1) is 0 Å². The van der Waals surface area contributed by atoms with Crippen molar-refractivity contribution in [3.63, 3.8) is 0 Å². The minimum atomic E-state index is -0.775. The maximum Gasteiger partial charge on any atom is 0.304 e. The minimum absolute atomic E-state index is 0.0554. The van der Waals surface area contributed by atoms with E-state index in [2.05, 4.69) is 40.0 Å². The van der Waals surface area contributed by atoms with Gasteiger partial charge in [0.15, 0.2) is 6.29 Å². The van der Waals surface area contributed by atoms with Crippen molar-refractivity contribution in [3.8, 4) is 0 Å². The molecule has 8 atom stereocenters. The lowest BCUT2D eigenvalue weighted by Gasteiger charge is -2.61. The van der Waals surface area contributed by atoms with Crippen molar-refractivity contribution in [2.75, 3.05) is 20.8 Å². The highest BCUT2D eigenvalue weighted by Crippen LogP contribution is 2.67. The van der Waals surface area contributed by atoms with Crippen molar-refractivity contribution >= 4 is 5.97 Å². The molecule has 0 N–H and O–H groups in total. The largest absolute Gasteiger partial charge is 0.435 e. The zero-order valence-corrected chi connectivity index (χ0v) is 21.2. The zero-order valence-electron chi connectivity index (χ0n) is 21.2. The van der Waals surface area contributed by atoms with Crippen LogP contribution in [0.15, 0.2) is 36.5 Å². The van der Waals surface area contributed by atoms with Gasteiger partial charge in [0.2, 0.25) is 6.29 Å². The van der Waals surface area contributed by atoms with Crippen LogP contribution in [-0.2, 0) is 28.5 Å². The summed E-state index contributed by atoms with van der Waals surface area (Å²) >= 11 is 0. The molecule has 186 valence electrons. The summed E-state index contributed by atoms with van der Waals surface area (Å²) in [4.78, 5) is 12.2. The fourth-order valence-corrected chi connectivity index (χ4v) is 6.52. The molecule has 33 heavy (non-hydrogen) atoms. The van der Waals surface area contributed by atoms with Crippen molar-refractivity contribution in [1.82, 2.24) is 0 Å². The molecule has 0 bridgehead atoms. The Labute approximate surface area is 199 Å². The number of methoxy groups -OCH3 is 2. The average molecular weight is 463 g/mol. The lowest BCUT2D eigenvalue weighted by Crippen LogP contribution is -2.63. The first-order chi connectivity index (χ1) is 15.7. The fourth-order valence-electron chi connectivity index (χ4n) is 6.52. The quantitative estimate of drug-likeness (QED) is 0.253. The zero-order chi connectivity index (χ0) is 24.4. The summed E-state index contributed by atoms with van der Waals surface area (Å²) in [7, 11) is 3.37. The number of carbonyl (C=O) groups excluding carboxylic acids is 1. The van der Waals surface area contributed by atoms with Crippen molar-refractivity contribution < 1.29 is 28.5 Å². The molecular weight excluding hydrogens is 420 g/mol. The number of hydrogen-bond donors (Lipinski definition) is 0. The Bertz CT molecular complexity index is 775. The number of esters is 1. The molecule has 0 radical (unpaired) electrons. The molecule has 0 aromatic heterocycles. The molecule has 0 amide bonds. The Morgan fingerprint density at radius 1 is 1.30 bits per heavy atom. The summed E-state index contributed by atoms with van der Waals surface area (Å²) in [6, 6.07) is 0. The Hall–Kier alpha value is -1.47. The van der Waals surface area contributed by atoms with Gasteiger partial charge in [0, 0.05) is 27.8 Å².